The molecule has 0 spiro atoms. The van der Waals surface area contributed by atoms with Crippen molar-refractivity contribution in [2.45, 2.75) is 116 Å². The standard InChI is InChI=1S/C36H52N6O4S2/c37-41-39-33-23-19-31(20-24-33)35(43)45-27-15-11-7-3-1-5-9-13-17-29-47-48-30-18-14-10-6-2-4-8-12-16-28-46-36(44)32-21-25-34(26-22-32)40-42-38/h19-26H,1-18,27-30H2. The van der Waals surface area contributed by atoms with Crippen molar-refractivity contribution in [2.24, 2.45) is 10.2 Å². The highest BCUT2D eigenvalue weighted by Gasteiger charge is 2.07. The molecule has 0 bridgehead atoms. The number of azide groups is 2. The third-order valence-electron chi connectivity index (χ3n) is 7.82. The Morgan fingerprint density at radius 1 is 0.479 bits per heavy atom. The first-order valence-electron chi connectivity index (χ1n) is 17.5. The van der Waals surface area contributed by atoms with E-state index in [0.717, 1.165) is 25.7 Å². The van der Waals surface area contributed by atoms with E-state index in [4.69, 9.17) is 20.5 Å². The molecule has 0 aromatic heterocycles. The smallest absolute Gasteiger partial charge is 0.338 e. The van der Waals surface area contributed by atoms with Crippen molar-refractivity contribution in [3.05, 3.63) is 80.5 Å². The van der Waals surface area contributed by atoms with Gasteiger partial charge in [0.2, 0.25) is 0 Å². The summed E-state index contributed by atoms with van der Waals surface area (Å²) >= 11 is 0. The normalized spacial score (nSPS) is 10.6. The summed E-state index contributed by atoms with van der Waals surface area (Å²) in [4.78, 5) is 29.6. The highest BCUT2D eigenvalue weighted by molar-refractivity contribution is 8.76. The molecule has 2 aromatic carbocycles. The van der Waals surface area contributed by atoms with Crippen LogP contribution in [0.1, 0.15) is 136 Å². The Hall–Kier alpha value is -3.30. The lowest BCUT2D eigenvalue weighted by Gasteiger charge is -2.06. The number of benzene rings is 2. The van der Waals surface area contributed by atoms with Crippen molar-refractivity contribution in [3.8, 4) is 0 Å². The third kappa shape index (κ3) is 20.8. The molecular formula is C36H52N6O4S2. The average molecular weight is 697 g/mol. The lowest BCUT2D eigenvalue weighted by molar-refractivity contribution is 0.0488. The summed E-state index contributed by atoms with van der Waals surface area (Å²) in [5, 5.41) is 6.99. The number of unbranched alkanes of at least 4 members (excludes halogenated alkanes) is 16. The molecule has 0 fully saturated rings. The fourth-order valence-electron chi connectivity index (χ4n) is 5.05. The molecule has 0 aliphatic rings. The van der Waals surface area contributed by atoms with Crippen LogP contribution in [-0.4, -0.2) is 36.7 Å². The topological polar surface area (TPSA) is 150 Å². The van der Waals surface area contributed by atoms with Crippen molar-refractivity contribution in [1.82, 2.24) is 0 Å². The Morgan fingerprint density at radius 3 is 1.08 bits per heavy atom. The molecule has 0 aliphatic heterocycles. The van der Waals surface area contributed by atoms with Crippen molar-refractivity contribution in [1.29, 1.82) is 0 Å². The molecule has 2 rings (SSSR count). The van der Waals surface area contributed by atoms with Crippen LogP contribution in [0.5, 0.6) is 0 Å². The fraction of sp³-hybridized carbons (Fsp3) is 0.611. The number of nitrogens with zero attached hydrogens (tertiary/aromatic N) is 6. The van der Waals surface area contributed by atoms with E-state index < -0.39 is 0 Å². The van der Waals surface area contributed by atoms with E-state index in [1.54, 1.807) is 48.5 Å². The number of rotatable bonds is 29. The summed E-state index contributed by atoms with van der Waals surface area (Å²) in [5.74, 6) is 1.85. The van der Waals surface area contributed by atoms with Crippen LogP contribution in [-0.2, 0) is 9.47 Å². The molecule has 2 aromatic rings. The second kappa shape index (κ2) is 28.7. The van der Waals surface area contributed by atoms with Gasteiger partial charge in [0.1, 0.15) is 0 Å². The molecule has 0 atom stereocenters. The first kappa shape index (κ1) is 40.9. The number of hydrogen-bond acceptors (Lipinski definition) is 8. The quantitative estimate of drug-likeness (QED) is 0.0206. The molecular weight excluding hydrogens is 645 g/mol. The van der Waals surface area contributed by atoms with Gasteiger partial charge in [-0.1, -0.05) is 146 Å². The summed E-state index contributed by atoms with van der Waals surface area (Å²) in [5.41, 5.74) is 18.8. The monoisotopic (exact) mass is 696 g/mol. The molecule has 0 unspecified atom stereocenters. The number of hydrogen-bond donors (Lipinski definition) is 0. The van der Waals surface area contributed by atoms with E-state index in [0.29, 0.717) is 35.7 Å². The first-order chi connectivity index (χ1) is 23.6. The largest absolute Gasteiger partial charge is 0.462 e. The van der Waals surface area contributed by atoms with E-state index in [1.807, 2.05) is 21.6 Å². The summed E-state index contributed by atoms with van der Waals surface area (Å²) in [6.07, 6.45) is 22.0. The molecule has 0 aliphatic carbocycles. The van der Waals surface area contributed by atoms with E-state index in [9.17, 15) is 9.59 Å². The summed E-state index contributed by atoms with van der Waals surface area (Å²) in [6, 6.07) is 12.9. The average Bonchev–Trinajstić information content (AvgIpc) is 3.10. The van der Waals surface area contributed by atoms with E-state index in [-0.39, 0.29) is 11.9 Å². The Kier molecular flexibility index (Phi) is 24.4. The van der Waals surface area contributed by atoms with Gasteiger partial charge in [0.15, 0.2) is 0 Å². The van der Waals surface area contributed by atoms with Crippen LogP contribution >= 0.6 is 21.6 Å². The van der Waals surface area contributed by atoms with Crippen LogP contribution in [0, 0.1) is 0 Å². The molecule has 12 heteroatoms. The van der Waals surface area contributed by atoms with Crippen molar-refractivity contribution >= 4 is 44.9 Å². The van der Waals surface area contributed by atoms with Crippen molar-refractivity contribution < 1.29 is 19.1 Å². The van der Waals surface area contributed by atoms with Gasteiger partial charge in [-0.15, -0.1) is 0 Å². The van der Waals surface area contributed by atoms with Gasteiger partial charge < -0.3 is 9.47 Å². The Bertz CT molecular complexity index is 1150. The molecule has 10 nitrogen and oxygen atoms in total. The predicted octanol–water partition coefficient (Wildman–Crippen LogP) is 13.0. The lowest BCUT2D eigenvalue weighted by atomic mass is 10.1. The summed E-state index contributed by atoms with van der Waals surface area (Å²) in [6.45, 7) is 0.888. The van der Waals surface area contributed by atoms with Crippen molar-refractivity contribution in [3.63, 3.8) is 0 Å². The van der Waals surface area contributed by atoms with Crippen LogP contribution in [0.3, 0.4) is 0 Å². The molecule has 262 valence electrons. The van der Waals surface area contributed by atoms with Gasteiger partial charge in [-0.25, -0.2) is 9.59 Å². The van der Waals surface area contributed by atoms with Crippen molar-refractivity contribution in [2.75, 3.05) is 24.7 Å². The third-order valence-corrected chi connectivity index (χ3v) is 10.4. The first-order valence-corrected chi connectivity index (χ1v) is 20.0. The van der Waals surface area contributed by atoms with Crippen LogP contribution in [0.4, 0.5) is 11.4 Å². The fourth-order valence-corrected chi connectivity index (χ4v) is 7.34. The molecule has 0 N–H and O–H groups in total. The summed E-state index contributed by atoms with van der Waals surface area (Å²) < 4.78 is 10.7. The Labute approximate surface area is 294 Å². The number of ether oxygens (including phenoxy) is 2. The lowest BCUT2D eigenvalue weighted by Crippen LogP contribution is -2.06. The van der Waals surface area contributed by atoms with Crippen LogP contribution in [0.2, 0.25) is 0 Å². The maximum Gasteiger partial charge on any atom is 0.338 e. The van der Waals surface area contributed by atoms with Gasteiger partial charge in [0, 0.05) is 32.7 Å². The molecule has 0 saturated heterocycles. The SMILES string of the molecule is [N-]=[N+]=Nc1ccc(C(=O)OCCCCCCCCCCCSSCCCCCCCCCCCOC(=O)c2ccc(N=[N+]=[N-])cc2)cc1. The molecule has 48 heavy (non-hydrogen) atoms. The van der Waals surface area contributed by atoms with E-state index in [1.165, 1.54) is 101 Å². The zero-order valence-electron chi connectivity index (χ0n) is 28.3. The zero-order chi connectivity index (χ0) is 34.3. The maximum absolute atomic E-state index is 12.1. The minimum absolute atomic E-state index is 0.333. The summed E-state index contributed by atoms with van der Waals surface area (Å²) in [7, 11) is 4.07. The minimum atomic E-state index is -0.333. The van der Waals surface area contributed by atoms with Crippen LogP contribution in [0.25, 0.3) is 20.9 Å². The molecule has 0 amide bonds. The Balaban J connectivity index is 1.23. The van der Waals surface area contributed by atoms with E-state index >= 15 is 0 Å². The van der Waals surface area contributed by atoms with Crippen LogP contribution in [0.15, 0.2) is 58.8 Å². The predicted molar refractivity (Wildman–Crippen MR) is 199 cm³/mol. The highest BCUT2D eigenvalue weighted by atomic mass is 33.1. The zero-order valence-corrected chi connectivity index (χ0v) is 29.9. The Morgan fingerprint density at radius 2 is 0.771 bits per heavy atom. The van der Waals surface area contributed by atoms with Gasteiger partial charge in [-0.2, -0.15) is 0 Å². The maximum atomic E-state index is 12.1. The molecule has 0 heterocycles. The van der Waals surface area contributed by atoms with Gasteiger partial charge in [-0.05, 0) is 61.0 Å². The number of carbonyl (C=O) groups is 2. The second-order valence-corrected chi connectivity index (χ2v) is 14.5. The highest BCUT2D eigenvalue weighted by Crippen LogP contribution is 2.25. The van der Waals surface area contributed by atoms with Gasteiger partial charge >= 0.3 is 11.9 Å². The second-order valence-electron chi connectivity index (χ2n) is 11.8. The van der Waals surface area contributed by atoms with E-state index in [2.05, 4.69) is 20.1 Å². The molecule has 0 saturated carbocycles. The van der Waals surface area contributed by atoms with Crippen LogP contribution < -0.4 is 0 Å². The number of carbonyl (C=O) groups excluding carboxylic acids is 2. The number of esters is 2. The van der Waals surface area contributed by atoms with Gasteiger partial charge in [-0.3, -0.25) is 0 Å². The van der Waals surface area contributed by atoms with Gasteiger partial charge in [0.05, 0.1) is 24.3 Å². The molecule has 0 radical (unpaired) electrons. The van der Waals surface area contributed by atoms with Gasteiger partial charge in [0.25, 0.3) is 0 Å². The minimum Gasteiger partial charge on any atom is -0.462 e.